The molecule has 4 rings (SSSR count). The highest BCUT2D eigenvalue weighted by Gasteiger charge is 2.34. The molecule has 0 saturated carbocycles. The summed E-state index contributed by atoms with van der Waals surface area (Å²) in [7, 11) is 0. The number of carbonyl (C=O) groups excluding carboxylic acids is 1. The number of aromatic nitrogens is 4. The molecule has 0 radical (unpaired) electrons. The number of hydrogen-bond donors (Lipinski definition) is 1. The Labute approximate surface area is 149 Å². The molecule has 1 N–H and O–H groups in total. The van der Waals surface area contributed by atoms with Crippen LogP contribution < -0.4 is 14.8 Å². The van der Waals surface area contributed by atoms with Crippen LogP contribution in [0.15, 0.2) is 48.8 Å². The van der Waals surface area contributed by atoms with E-state index in [0.29, 0.717) is 17.2 Å². The van der Waals surface area contributed by atoms with Crippen molar-refractivity contribution in [2.45, 2.75) is 26.1 Å². The Morgan fingerprint density at radius 2 is 1.92 bits per heavy atom. The van der Waals surface area contributed by atoms with Crippen molar-refractivity contribution in [2.24, 2.45) is 0 Å². The number of hydrogen-bond acceptors (Lipinski definition) is 6. The Morgan fingerprint density at radius 3 is 2.65 bits per heavy atom. The van der Waals surface area contributed by atoms with E-state index in [4.69, 9.17) is 9.47 Å². The van der Waals surface area contributed by atoms with E-state index in [9.17, 15) is 4.79 Å². The molecule has 2 aromatic carbocycles. The number of fused-ring (bicyclic) bond motifs is 1. The van der Waals surface area contributed by atoms with Crippen LogP contribution in [0.4, 0.5) is 5.69 Å². The maximum Gasteiger partial charge on any atom is 0.269 e. The Morgan fingerprint density at radius 1 is 1.15 bits per heavy atom. The van der Waals surface area contributed by atoms with Crippen molar-refractivity contribution in [3.63, 3.8) is 0 Å². The zero-order chi connectivity index (χ0) is 18.1. The molecule has 26 heavy (non-hydrogen) atoms. The van der Waals surface area contributed by atoms with Gasteiger partial charge in [-0.3, -0.25) is 4.79 Å². The molecule has 0 saturated heterocycles. The summed E-state index contributed by atoms with van der Waals surface area (Å²) in [6.07, 6.45) is 0.349. The molecule has 1 aromatic heterocycles. The van der Waals surface area contributed by atoms with E-state index in [-0.39, 0.29) is 5.91 Å². The Kier molecular flexibility index (Phi) is 4.00. The molecule has 2 heterocycles. The van der Waals surface area contributed by atoms with E-state index >= 15 is 0 Å². The van der Waals surface area contributed by atoms with Gasteiger partial charge in [-0.1, -0.05) is 18.2 Å². The van der Waals surface area contributed by atoms with E-state index in [2.05, 4.69) is 20.8 Å². The highest BCUT2D eigenvalue weighted by atomic mass is 16.6. The number of anilines is 1. The third kappa shape index (κ3) is 2.97. The van der Waals surface area contributed by atoms with Gasteiger partial charge in [0, 0.05) is 5.69 Å². The molecule has 0 fully saturated rings. The Hall–Kier alpha value is -3.42. The number of aryl methyl sites for hydroxylation is 1. The van der Waals surface area contributed by atoms with Gasteiger partial charge in [-0.25, -0.2) is 4.68 Å². The first-order chi connectivity index (χ1) is 12.6. The molecule has 1 aliphatic heterocycles. The van der Waals surface area contributed by atoms with Crippen LogP contribution in [-0.4, -0.2) is 38.3 Å². The van der Waals surface area contributed by atoms with E-state index < -0.39 is 12.2 Å². The van der Waals surface area contributed by atoms with Crippen molar-refractivity contribution in [1.82, 2.24) is 20.2 Å². The highest BCUT2D eigenvalue weighted by Crippen LogP contribution is 2.33. The van der Waals surface area contributed by atoms with E-state index in [1.807, 2.05) is 50.2 Å². The van der Waals surface area contributed by atoms with Gasteiger partial charge in [0.2, 0.25) is 6.10 Å². The molecule has 2 unspecified atom stereocenters. The maximum absolute atomic E-state index is 12.7. The van der Waals surface area contributed by atoms with Crippen LogP contribution in [0.1, 0.15) is 12.5 Å². The summed E-state index contributed by atoms with van der Waals surface area (Å²) < 4.78 is 13.2. The minimum absolute atomic E-state index is 0.279. The molecule has 3 aromatic rings. The number of para-hydroxylation sites is 2. The second-order valence-corrected chi connectivity index (χ2v) is 6.05. The van der Waals surface area contributed by atoms with Crippen LogP contribution in [0.2, 0.25) is 0 Å². The number of ether oxygens (including phenoxy) is 2. The third-order valence-corrected chi connectivity index (χ3v) is 4.17. The number of amides is 1. The Bertz CT molecular complexity index is 942. The molecule has 1 aliphatic rings. The molecule has 132 valence electrons. The standard InChI is InChI=1S/C18H17N5O3/c1-11-7-8-13(9-14(11)23-10-19-21-22-23)20-18(24)17-12(2)25-15-5-3-4-6-16(15)26-17/h3-10,12,17H,1-2H3,(H,20,24). The van der Waals surface area contributed by atoms with Gasteiger partial charge in [0.1, 0.15) is 12.4 Å². The first kappa shape index (κ1) is 16.1. The summed E-state index contributed by atoms with van der Waals surface area (Å²) in [5.41, 5.74) is 2.39. The molecule has 2 atom stereocenters. The van der Waals surface area contributed by atoms with E-state index in [1.165, 1.54) is 6.33 Å². The van der Waals surface area contributed by atoms with Gasteiger partial charge in [0.25, 0.3) is 5.91 Å². The minimum atomic E-state index is -0.748. The highest BCUT2D eigenvalue weighted by molar-refractivity contribution is 5.95. The first-order valence-corrected chi connectivity index (χ1v) is 8.19. The summed E-state index contributed by atoms with van der Waals surface area (Å²) in [6.45, 7) is 3.75. The second kappa shape index (κ2) is 6.47. The Balaban J connectivity index is 1.55. The number of carbonyl (C=O) groups is 1. The predicted molar refractivity (Wildman–Crippen MR) is 93.5 cm³/mol. The minimum Gasteiger partial charge on any atom is -0.482 e. The van der Waals surface area contributed by atoms with Crippen molar-refractivity contribution >= 4 is 11.6 Å². The molecule has 0 aliphatic carbocycles. The van der Waals surface area contributed by atoms with Gasteiger partial charge in [0.05, 0.1) is 5.69 Å². The third-order valence-electron chi connectivity index (χ3n) is 4.17. The summed E-state index contributed by atoms with van der Waals surface area (Å²) in [6, 6.07) is 12.8. The lowest BCUT2D eigenvalue weighted by Gasteiger charge is -2.31. The van der Waals surface area contributed by atoms with Gasteiger partial charge in [-0.15, -0.1) is 5.10 Å². The largest absolute Gasteiger partial charge is 0.482 e. The quantitative estimate of drug-likeness (QED) is 0.777. The number of benzene rings is 2. The van der Waals surface area contributed by atoms with Crippen LogP contribution in [0.5, 0.6) is 11.5 Å². The zero-order valence-electron chi connectivity index (χ0n) is 14.3. The van der Waals surface area contributed by atoms with Gasteiger partial charge >= 0.3 is 0 Å². The predicted octanol–water partition coefficient (Wildman–Crippen LogP) is 2.14. The zero-order valence-corrected chi connectivity index (χ0v) is 14.3. The smallest absolute Gasteiger partial charge is 0.269 e. The monoisotopic (exact) mass is 351 g/mol. The SMILES string of the molecule is Cc1ccc(NC(=O)C2Oc3ccccc3OC2C)cc1-n1cnnn1. The van der Waals surface area contributed by atoms with E-state index in [1.54, 1.807) is 10.7 Å². The average molecular weight is 351 g/mol. The first-order valence-electron chi connectivity index (χ1n) is 8.19. The number of nitrogens with zero attached hydrogens (tertiary/aromatic N) is 4. The van der Waals surface area contributed by atoms with Gasteiger partial charge in [0.15, 0.2) is 11.5 Å². The van der Waals surface area contributed by atoms with Crippen LogP contribution in [0.25, 0.3) is 5.69 Å². The van der Waals surface area contributed by atoms with Crippen molar-refractivity contribution in [2.75, 3.05) is 5.32 Å². The summed E-state index contributed by atoms with van der Waals surface area (Å²) in [4.78, 5) is 12.7. The molecule has 0 bridgehead atoms. The maximum atomic E-state index is 12.7. The number of tetrazole rings is 1. The molecule has 0 spiro atoms. The normalized spacial score (nSPS) is 18.4. The summed E-state index contributed by atoms with van der Waals surface area (Å²) in [5.74, 6) is 0.919. The molecule has 8 heteroatoms. The van der Waals surface area contributed by atoms with Crippen LogP contribution in [0, 0.1) is 6.92 Å². The summed E-state index contributed by atoms with van der Waals surface area (Å²) in [5, 5.41) is 14.1. The van der Waals surface area contributed by atoms with Crippen molar-refractivity contribution in [3.05, 3.63) is 54.4 Å². The lowest BCUT2D eigenvalue weighted by Crippen LogP contribution is -2.46. The molecule has 8 nitrogen and oxygen atoms in total. The fourth-order valence-corrected chi connectivity index (χ4v) is 2.83. The molecular formula is C18H17N5O3. The van der Waals surface area contributed by atoms with Gasteiger partial charge in [-0.05, 0) is 54.1 Å². The van der Waals surface area contributed by atoms with Crippen LogP contribution in [0.3, 0.4) is 0 Å². The van der Waals surface area contributed by atoms with Crippen molar-refractivity contribution in [1.29, 1.82) is 0 Å². The summed E-state index contributed by atoms with van der Waals surface area (Å²) >= 11 is 0. The lowest BCUT2D eigenvalue weighted by molar-refractivity contribution is -0.128. The topological polar surface area (TPSA) is 91.2 Å². The fourth-order valence-electron chi connectivity index (χ4n) is 2.83. The second-order valence-electron chi connectivity index (χ2n) is 6.05. The lowest BCUT2D eigenvalue weighted by atomic mass is 10.1. The number of rotatable bonds is 3. The molecule has 1 amide bonds. The van der Waals surface area contributed by atoms with Crippen molar-refractivity contribution in [3.8, 4) is 17.2 Å². The fraction of sp³-hybridized carbons (Fsp3) is 0.222. The van der Waals surface area contributed by atoms with Crippen molar-refractivity contribution < 1.29 is 14.3 Å². The van der Waals surface area contributed by atoms with Crippen LogP contribution >= 0.6 is 0 Å². The number of nitrogens with one attached hydrogen (secondary N) is 1. The van der Waals surface area contributed by atoms with Gasteiger partial charge < -0.3 is 14.8 Å². The van der Waals surface area contributed by atoms with Crippen LogP contribution in [-0.2, 0) is 4.79 Å². The van der Waals surface area contributed by atoms with E-state index in [0.717, 1.165) is 11.3 Å². The average Bonchev–Trinajstić information content (AvgIpc) is 3.17. The molecular weight excluding hydrogens is 334 g/mol. The van der Waals surface area contributed by atoms with Gasteiger partial charge in [-0.2, -0.15) is 0 Å².